The van der Waals surface area contributed by atoms with E-state index in [9.17, 15) is 0 Å². The Morgan fingerprint density at radius 1 is 0.480 bits per heavy atom. The summed E-state index contributed by atoms with van der Waals surface area (Å²) >= 11 is 3.60. The molecule has 0 aromatic heterocycles. The monoisotopic (exact) mass is 418 g/mol. The number of alkyl halides is 1. The van der Waals surface area contributed by atoms with Crippen LogP contribution in [0.1, 0.15) is 117 Å². The Bertz CT molecular complexity index is 236. The number of rotatable bonds is 20. The third kappa shape index (κ3) is 17.6. The summed E-state index contributed by atoms with van der Waals surface area (Å²) in [6, 6.07) is 0. The Balaban J connectivity index is 3.90. The summed E-state index contributed by atoms with van der Waals surface area (Å²) in [4.78, 5) is 0. The lowest BCUT2D eigenvalue weighted by Gasteiger charge is -2.35. The molecule has 0 aliphatic carbocycles. The van der Waals surface area contributed by atoms with Gasteiger partial charge < -0.3 is 4.48 Å². The molecular weight excluding hydrogens is 370 g/mol. The fourth-order valence-corrected chi connectivity index (χ4v) is 4.22. The van der Waals surface area contributed by atoms with Crippen molar-refractivity contribution in [3.8, 4) is 0 Å². The summed E-state index contributed by atoms with van der Waals surface area (Å²) in [5.41, 5.74) is 0. The Morgan fingerprint density at radius 2 is 0.800 bits per heavy atom. The van der Waals surface area contributed by atoms with Crippen LogP contribution in [0.25, 0.3) is 0 Å². The molecule has 2 heteroatoms. The van der Waals surface area contributed by atoms with Crippen LogP contribution in [-0.2, 0) is 0 Å². The van der Waals surface area contributed by atoms with Gasteiger partial charge in [0.05, 0.1) is 26.7 Å². The van der Waals surface area contributed by atoms with Crippen LogP contribution in [0.2, 0.25) is 0 Å². The van der Waals surface area contributed by atoms with E-state index in [1.165, 1.54) is 132 Å². The zero-order valence-electron chi connectivity index (χ0n) is 18.0. The smallest absolute Gasteiger partial charge is 0.0784 e. The molecule has 1 nitrogen and oxygen atoms in total. The van der Waals surface area contributed by atoms with Crippen molar-refractivity contribution < 1.29 is 4.48 Å². The molecule has 0 atom stereocenters. The molecule has 0 saturated heterocycles. The molecule has 0 saturated carbocycles. The Morgan fingerprint density at radius 3 is 1.16 bits per heavy atom. The van der Waals surface area contributed by atoms with Gasteiger partial charge in [0.2, 0.25) is 0 Å². The van der Waals surface area contributed by atoms with Crippen LogP contribution in [0.3, 0.4) is 0 Å². The van der Waals surface area contributed by atoms with Gasteiger partial charge in [0.1, 0.15) is 0 Å². The zero-order chi connectivity index (χ0) is 18.6. The largest absolute Gasteiger partial charge is 0.326 e. The molecule has 0 aliphatic heterocycles. The van der Waals surface area contributed by atoms with Gasteiger partial charge in [-0.15, -0.1) is 0 Å². The number of hydrogen-bond acceptors (Lipinski definition) is 0. The van der Waals surface area contributed by atoms with E-state index in [4.69, 9.17) is 0 Å². The van der Waals surface area contributed by atoms with Gasteiger partial charge in [0.25, 0.3) is 0 Å². The molecule has 25 heavy (non-hydrogen) atoms. The highest BCUT2D eigenvalue weighted by Crippen LogP contribution is 2.15. The quantitative estimate of drug-likeness (QED) is 0.106. The van der Waals surface area contributed by atoms with E-state index in [0.717, 1.165) is 0 Å². The van der Waals surface area contributed by atoms with E-state index < -0.39 is 0 Å². The second kappa shape index (κ2) is 19.2. The predicted molar refractivity (Wildman–Crippen MR) is 120 cm³/mol. The molecule has 0 unspecified atom stereocenters. The molecule has 0 N–H and O–H groups in total. The first kappa shape index (κ1) is 25.4. The van der Waals surface area contributed by atoms with Crippen LogP contribution in [0.5, 0.6) is 0 Å². The summed E-state index contributed by atoms with van der Waals surface area (Å²) in [6.07, 6.45) is 22.8. The van der Waals surface area contributed by atoms with Crippen LogP contribution in [0, 0.1) is 0 Å². The average molecular weight is 420 g/mol. The Labute approximate surface area is 169 Å². The molecule has 0 bridgehead atoms. The highest BCUT2D eigenvalue weighted by molar-refractivity contribution is 9.09. The molecule has 0 aromatic carbocycles. The van der Waals surface area contributed by atoms with Gasteiger partial charge in [-0.2, -0.15) is 0 Å². The summed E-state index contributed by atoms with van der Waals surface area (Å²) < 4.78 is 1.33. The molecule has 0 spiro atoms. The van der Waals surface area contributed by atoms with Crippen molar-refractivity contribution in [2.45, 2.75) is 117 Å². The van der Waals surface area contributed by atoms with E-state index in [-0.39, 0.29) is 0 Å². The molecule has 0 rings (SSSR count). The van der Waals surface area contributed by atoms with Gasteiger partial charge in [-0.3, -0.25) is 0 Å². The zero-order valence-corrected chi connectivity index (χ0v) is 19.6. The highest BCUT2D eigenvalue weighted by Gasteiger charge is 2.19. The predicted octanol–water partition coefficient (Wildman–Crippen LogP) is 8.11. The van der Waals surface area contributed by atoms with E-state index in [1.54, 1.807) is 0 Å². The topological polar surface area (TPSA) is 0 Å². The summed E-state index contributed by atoms with van der Waals surface area (Å²) in [7, 11) is 2.53. The van der Waals surface area contributed by atoms with Gasteiger partial charge in [0, 0.05) is 5.33 Å². The molecule has 152 valence electrons. The van der Waals surface area contributed by atoms with E-state index in [2.05, 4.69) is 36.8 Å². The van der Waals surface area contributed by atoms with E-state index in [1.807, 2.05) is 0 Å². The van der Waals surface area contributed by atoms with Gasteiger partial charge in [-0.1, -0.05) is 94.0 Å². The third-order valence-electron chi connectivity index (χ3n) is 5.68. The van der Waals surface area contributed by atoms with Crippen molar-refractivity contribution in [3.05, 3.63) is 0 Å². The first-order valence-corrected chi connectivity index (χ1v) is 12.7. The first-order chi connectivity index (χ1) is 12.2. The summed E-state index contributed by atoms with van der Waals surface area (Å²) in [5.74, 6) is 0. The summed E-state index contributed by atoms with van der Waals surface area (Å²) in [6.45, 7) is 8.81. The molecule has 0 fully saturated rings. The second-order valence-electron chi connectivity index (χ2n) is 8.43. The minimum Gasteiger partial charge on any atom is -0.326 e. The van der Waals surface area contributed by atoms with Crippen molar-refractivity contribution in [1.29, 1.82) is 0 Å². The van der Waals surface area contributed by atoms with Gasteiger partial charge in [-0.25, -0.2) is 0 Å². The summed E-state index contributed by atoms with van der Waals surface area (Å²) in [5, 5.41) is 1.17. The first-order valence-electron chi connectivity index (χ1n) is 11.6. The van der Waals surface area contributed by atoms with Crippen LogP contribution in [0.15, 0.2) is 0 Å². The maximum absolute atomic E-state index is 3.60. The van der Waals surface area contributed by atoms with Crippen molar-refractivity contribution in [1.82, 2.24) is 0 Å². The highest BCUT2D eigenvalue weighted by atomic mass is 79.9. The number of quaternary nitrogens is 1. The van der Waals surface area contributed by atoms with Crippen LogP contribution >= 0.6 is 15.9 Å². The van der Waals surface area contributed by atoms with Crippen molar-refractivity contribution in [3.63, 3.8) is 0 Å². The third-order valence-corrected chi connectivity index (χ3v) is 6.25. The normalized spacial score (nSPS) is 12.0. The molecule has 0 aromatic rings. The number of halogens is 1. The van der Waals surface area contributed by atoms with Crippen LogP contribution < -0.4 is 0 Å². The average Bonchev–Trinajstić information content (AvgIpc) is 2.60. The van der Waals surface area contributed by atoms with Crippen molar-refractivity contribution in [2.24, 2.45) is 0 Å². The molecule has 0 radical (unpaired) electrons. The number of unbranched alkanes of at least 4 members (excludes halogenated alkanes) is 13. The molecule has 0 heterocycles. The maximum atomic E-state index is 3.60. The Kier molecular flexibility index (Phi) is 19.5. The maximum Gasteiger partial charge on any atom is 0.0784 e. The number of hydrogen-bond donors (Lipinski definition) is 0. The van der Waals surface area contributed by atoms with Gasteiger partial charge >= 0.3 is 0 Å². The standard InChI is InChI=1S/C23H49BrN/c1-4-6-8-10-12-14-17-21-25(3,23-19-16-20-24)22-18-15-13-11-9-7-5-2/h4-23H2,1-3H3/q+1. The van der Waals surface area contributed by atoms with Crippen molar-refractivity contribution in [2.75, 3.05) is 32.0 Å². The van der Waals surface area contributed by atoms with E-state index in [0.29, 0.717) is 0 Å². The minimum absolute atomic E-state index is 1.17. The lowest BCUT2D eigenvalue weighted by molar-refractivity contribution is -0.910. The number of nitrogens with zero attached hydrogens (tertiary/aromatic N) is 1. The van der Waals surface area contributed by atoms with Crippen LogP contribution in [0.4, 0.5) is 0 Å². The minimum atomic E-state index is 1.17. The van der Waals surface area contributed by atoms with Crippen LogP contribution in [-0.4, -0.2) is 36.5 Å². The fraction of sp³-hybridized carbons (Fsp3) is 1.00. The van der Waals surface area contributed by atoms with Crippen molar-refractivity contribution >= 4 is 15.9 Å². The lowest BCUT2D eigenvalue weighted by Crippen LogP contribution is -2.46. The van der Waals surface area contributed by atoms with Gasteiger partial charge in [-0.05, 0) is 38.5 Å². The molecular formula is C23H49BrN+. The lowest BCUT2D eigenvalue weighted by atomic mass is 10.1. The second-order valence-corrected chi connectivity index (χ2v) is 9.22. The molecule has 0 amide bonds. The fourth-order valence-electron chi connectivity index (χ4n) is 3.82. The molecule has 0 aliphatic rings. The SMILES string of the molecule is CCCCCCCCC[N+](C)(CCCCBr)CCCCCCCCC. The van der Waals surface area contributed by atoms with Gasteiger partial charge in [0.15, 0.2) is 0 Å². The van der Waals surface area contributed by atoms with E-state index >= 15 is 0 Å². The Hall–Kier alpha value is 0.440.